The molecule has 1 aliphatic heterocycles. The lowest BCUT2D eigenvalue weighted by Crippen LogP contribution is -2.45. The van der Waals surface area contributed by atoms with Crippen LogP contribution in [0.2, 0.25) is 0 Å². The van der Waals surface area contributed by atoms with Gasteiger partial charge in [0.1, 0.15) is 11.8 Å². The van der Waals surface area contributed by atoms with Crippen molar-refractivity contribution in [2.45, 2.75) is 52.0 Å². The summed E-state index contributed by atoms with van der Waals surface area (Å²) in [6, 6.07) is -0.394. The van der Waals surface area contributed by atoms with Gasteiger partial charge in [-0.2, -0.15) is 0 Å². The number of nitrogens with one attached hydrogen (secondary N) is 2. The molecule has 0 bridgehead atoms. The maximum Gasteiger partial charge on any atom is 0.242 e. The van der Waals surface area contributed by atoms with Crippen LogP contribution in [0, 0.1) is 13.8 Å². The van der Waals surface area contributed by atoms with E-state index in [-0.39, 0.29) is 11.8 Å². The van der Waals surface area contributed by atoms with Crippen LogP contribution in [0.3, 0.4) is 0 Å². The fourth-order valence-corrected chi connectivity index (χ4v) is 2.44. The molecule has 1 saturated heterocycles. The fraction of sp³-hybridized carbons (Fsp3) is 0.643. The molecule has 2 amide bonds. The van der Waals surface area contributed by atoms with Crippen LogP contribution in [0.5, 0.6) is 0 Å². The summed E-state index contributed by atoms with van der Waals surface area (Å²) in [5, 5.41) is 9.48. The van der Waals surface area contributed by atoms with Crippen LogP contribution < -0.4 is 10.6 Å². The molecule has 110 valence electrons. The van der Waals surface area contributed by atoms with Gasteiger partial charge in [0.15, 0.2) is 0 Å². The minimum atomic E-state index is -0.394. The lowest BCUT2D eigenvalue weighted by molar-refractivity contribution is -0.128. The molecule has 0 spiro atoms. The van der Waals surface area contributed by atoms with Gasteiger partial charge < -0.3 is 15.2 Å². The average molecular weight is 279 g/mol. The van der Waals surface area contributed by atoms with E-state index in [9.17, 15) is 9.59 Å². The normalized spacial score (nSPS) is 19.3. The minimum Gasteiger partial charge on any atom is -0.361 e. The van der Waals surface area contributed by atoms with E-state index >= 15 is 0 Å². The monoisotopic (exact) mass is 279 g/mol. The predicted octanol–water partition coefficient (Wildman–Crippen LogP) is 1.01. The van der Waals surface area contributed by atoms with Crippen molar-refractivity contribution in [1.82, 2.24) is 15.8 Å². The number of hydrogen-bond acceptors (Lipinski definition) is 4. The first kappa shape index (κ1) is 14.6. The second-order valence-electron chi connectivity index (χ2n) is 5.21. The van der Waals surface area contributed by atoms with E-state index in [0.717, 1.165) is 29.9 Å². The van der Waals surface area contributed by atoms with E-state index in [0.29, 0.717) is 25.8 Å². The Morgan fingerprint density at radius 3 is 2.95 bits per heavy atom. The summed E-state index contributed by atoms with van der Waals surface area (Å²) >= 11 is 0. The second-order valence-corrected chi connectivity index (χ2v) is 5.21. The molecule has 0 radical (unpaired) electrons. The number of amides is 2. The molecule has 20 heavy (non-hydrogen) atoms. The maximum absolute atomic E-state index is 11.9. The molecule has 1 fully saturated rings. The summed E-state index contributed by atoms with van der Waals surface area (Å²) in [7, 11) is 0. The van der Waals surface area contributed by atoms with E-state index in [4.69, 9.17) is 4.52 Å². The van der Waals surface area contributed by atoms with Crippen molar-refractivity contribution in [2.24, 2.45) is 0 Å². The number of hydrogen-bond donors (Lipinski definition) is 2. The van der Waals surface area contributed by atoms with Crippen LogP contribution >= 0.6 is 0 Å². The Hall–Kier alpha value is -1.85. The average Bonchev–Trinajstić information content (AvgIpc) is 2.60. The largest absolute Gasteiger partial charge is 0.361 e. The Bertz CT molecular complexity index is 476. The molecule has 2 rings (SSSR count). The summed E-state index contributed by atoms with van der Waals surface area (Å²) in [4.78, 5) is 23.7. The Morgan fingerprint density at radius 2 is 2.25 bits per heavy atom. The van der Waals surface area contributed by atoms with Gasteiger partial charge in [0.05, 0.1) is 5.69 Å². The summed E-state index contributed by atoms with van der Waals surface area (Å²) in [5.41, 5.74) is 1.80. The van der Waals surface area contributed by atoms with Gasteiger partial charge in [-0.1, -0.05) is 5.16 Å². The number of carbonyl (C=O) groups excluding carboxylic acids is 2. The fourth-order valence-electron chi connectivity index (χ4n) is 2.44. The Morgan fingerprint density at radius 1 is 1.45 bits per heavy atom. The van der Waals surface area contributed by atoms with Crippen molar-refractivity contribution in [3.8, 4) is 0 Å². The van der Waals surface area contributed by atoms with Crippen LogP contribution in [0.15, 0.2) is 4.52 Å². The van der Waals surface area contributed by atoms with E-state index in [1.165, 1.54) is 0 Å². The van der Waals surface area contributed by atoms with Crippen LogP contribution in [-0.2, 0) is 16.0 Å². The van der Waals surface area contributed by atoms with Crippen molar-refractivity contribution >= 4 is 11.8 Å². The molecule has 0 aliphatic carbocycles. The van der Waals surface area contributed by atoms with Crippen molar-refractivity contribution in [3.63, 3.8) is 0 Å². The molecular weight excluding hydrogens is 258 g/mol. The van der Waals surface area contributed by atoms with Gasteiger partial charge in [0.2, 0.25) is 11.8 Å². The Kier molecular flexibility index (Phi) is 4.76. The summed E-state index contributed by atoms with van der Waals surface area (Å²) < 4.78 is 5.07. The summed E-state index contributed by atoms with van der Waals surface area (Å²) in [6.45, 7) is 4.40. The van der Waals surface area contributed by atoms with Gasteiger partial charge >= 0.3 is 0 Å². The van der Waals surface area contributed by atoms with Gasteiger partial charge in [-0.15, -0.1) is 0 Å². The number of nitrogens with zero attached hydrogens (tertiary/aromatic N) is 1. The van der Waals surface area contributed by atoms with Crippen molar-refractivity contribution < 1.29 is 14.1 Å². The second kappa shape index (κ2) is 6.54. The SMILES string of the molecule is Cc1noc(C)c1CCC(=O)N[C@H]1CCCCNC1=O. The lowest BCUT2D eigenvalue weighted by Gasteiger charge is -2.15. The van der Waals surface area contributed by atoms with Gasteiger partial charge in [0, 0.05) is 18.5 Å². The minimum absolute atomic E-state index is 0.0758. The van der Waals surface area contributed by atoms with Crippen LogP contribution in [0.4, 0.5) is 0 Å². The third kappa shape index (κ3) is 3.59. The highest BCUT2D eigenvalue weighted by atomic mass is 16.5. The molecule has 2 N–H and O–H groups in total. The number of carbonyl (C=O) groups is 2. The number of rotatable bonds is 4. The van der Waals surface area contributed by atoms with E-state index in [1.807, 2.05) is 13.8 Å². The Labute approximate surface area is 118 Å². The highest BCUT2D eigenvalue weighted by molar-refractivity contribution is 5.87. The van der Waals surface area contributed by atoms with Crippen LogP contribution in [0.1, 0.15) is 42.7 Å². The quantitative estimate of drug-likeness (QED) is 0.861. The topological polar surface area (TPSA) is 84.2 Å². The molecule has 0 aromatic carbocycles. The number of aromatic nitrogens is 1. The molecule has 1 aromatic heterocycles. The number of aryl methyl sites for hydroxylation is 2. The molecule has 0 saturated carbocycles. The van der Waals surface area contributed by atoms with Gasteiger partial charge in [0.25, 0.3) is 0 Å². The van der Waals surface area contributed by atoms with Crippen molar-refractivity contribution in [2.75, 3.05) is 6.54 Å². The molecule has 2 heterocycles. The Balaban J connectivity index is 1.84. The van der Waals surface area contributed by atoms with E-state index in [1.54, 1.807) is 0 Å². The zero-order chi connectivity index (χ0) is 14.5. The summed E-state index contributed by atoms with van der Waals surface area (Å²) in [6.07, 6.45) is 3.56. The molecule has 1 aromatic rings. The highest BCUT2D eigenvalue weighted by Gasteiger charge is 2.22. The molecule has 1 atom stereocenters. The molecular formula is C14H21N3O3. The van der Waals surface area contributed by atoms with Gasteiger partial charge in [-0.25, -0.2) is 0 Å². The first-order valence-corrected chi connectivity index (χ1v) is 7.06. The molecule has 6 nitrogen and oxygen atoms in total. The smallest absolute Gasteiger partial charge is 0.242 e. The molecule has 0 unspecified atom stereocenters. The first-order valence-electron chi connectivity index (χ1n) is 7.06. The third-order valence-corrected chi connectivity index (χ3v) is 3.65. The molecule has 6 heteroatoms. The van der Waals surface area contributed by atoms with E-state index in [2.05, 4.69) is 15.8 Å². The van der Waals surface area contributed by atoms with Crippen molar-refractivity contribution in [3.05, 3.63) is 17.0 Å². The lowest BCUT2D eigenvalue weighted by atomic mass is 10.1. The highest BCUT2D eigenvalue weighted by Crippen LogP contribution is 2.14. The van der Waals surface area contributed by atoms with Crippen molar-refractivity contribution in [1.29, 1.82) is 0 Å². The maximum atomic E-state index is 11.9. The first-order chi connectivity index (χ1) is 9.58. The van der Waals surface area contributed by atoms with Crippen LogP contribution in [0.25, 0.3) is 0 Å². The summed E-state index contributed by atoms with van der Waals surface area (Å²) in [5.74, 6) is 0.572. The zero-order valence-electron chi connectivity index (χ0n) is 12.0. The molecule has 1 aliphatic rings. The van der Waals surface area contributed by atoms with E-state index < -0.39 is 6.04 Å². The van der Waals surface area contributed by atoms with Crippen LogP contribution in [-0.4, -0.2) is 29.6 Å². The zero-order valence-corrected chi connectivity index (χ0v) is 12.0. The third-order valence-electron chi connectivity index (χ3n) is 3.65. The van der Waals surface area contributed by atoms with Gasteiger partial charge in [-0.05, 0) is 39.5 Å². The predicted molar refractivity (Wildman–Crippen MR) is 73.1 cm³/mol. The standard InChI is InChI=1S/C14H21N3O3/c1-9-11(10(2)20-17-9)6-7-13(18)16-12-5-3-4-8-15-14(12)19/h12H,3-8H2,1-2H3,(H,15,19)(H,16,18)/t12-/m0/s1. The van der Waals surface area contributed by atoms with Gasteiger partial charge in [-0.3, -0.25) is 9.59 Å².